The minimum atomic E-state index is -3.82. The molecular formula is C22H27N7O2S. The number of aryl methyl sites for hydroxylation is 3. The van der Waals surface area contributed by atoms with Crippen molar-refractivity contribution in [3.8, 4) is 0 Å². The van der Waals surface area contributed by atoms with Crippen LogP contribution in [-0.2, 0) is 17.1 Å². The smallest absolute Gasteiger partial charge is 0.238 e. The SMILES string of the molecule is C=C(/N=C\C=C(/N)N(C)c1ccc2c(C)n(C)nc2c1)Nc1ccc(C)c(S(N)(=O)=O)c1. The molecule has 0 spiro atoms. The van der Waals surface area contributed by atoms with E-state index in [-0.39, 0.29) is 4.90 Å². The van der Waals surface area contributed by atoms with Crippen LogP contribution in [0.15, 0.2) is 70.6 Å². The quantitative estimate of drug-likeness (QED) is 0.471. The number of fused-ring (bicyclic) bond motifs is 1. The Labute approximate surface area is 187 Å². The molecule has 0 saturated heterocycles. The molecule has 32 heavy (non-hydrogen) atoms. The van der Waals surface area contributed by atoms with Gasteiger partial charge >= 0.3 is 0 Å². The zero-order valence-electron chi connectivity index (χ0n) is 18.5. The summed E-state index contributed by atoms with van der Waals surface area (Å²) in [5.74, 6) is 0.784. The maximum atomic E-state index is 11.7. The van der Waals surface area contributed by atoms with Gasteiger partial charge in [0.2, 0.25) is 10.0 Å². The first-order valence-electron chi connectivity index (χ1n) is 9.73. The maximum Gasteiger partial charge on any atom is 0.238 e. The second-order valence-electron chi connectivity index (χ2n) is 7.44. The lowest BCUT2D eigenvalue weighted by molar-refractivity contribution is 0.597. The van der Waals surface area contributed by atoms with Crippen molar-refractivity contribution in [2.45, 2.75) is 18.7 Å². The molecule has 0 unspecified atom stereocenters. The predicted octanol–water partition coefficient (Wildman–Crippen LogP) is 2.73. The summed E-state index contributed by atoms with van der Waals surface area (Å²) in [4.78, 5) is 6.07. The number of benzene rings is 2. The summed E-state index contributed by atoms with van der Waals surface area (Å²) in [6.45, 7) is 7.52. The largest absolute Gasteiger partial charge is 0.385 e. The van der Waals surface area contributed by atoms with Crippen LogP contribution in [0.25, 0.3) is 10.9 Å². The topological polar surface area (TPSA) is 132 Å². The number of nitrogens with two attached hydrogens (primary N) is 2. The monoisotopic (exact) mass is 453 g/mol. The first-order valence-corrected chi connectivity index (χ1v) is 11.3. The number of anilines is 2. The Hall–Kier alpha value is -3.63. The van der Waals surface area contributed by atoms with Gasteiger partial charge in [0.25, 0.3) is 0 Å². The number of nitrogens with one attached hydrogen (secondary N) is 1. The molecule has 168 valence electrons. The molecular weight excluding hydrogens is 426 g/mol. The molecule has 0 atom stereocenters. The lowest BCUT2D eigenvalue weighted by atomic mass is 10.2. The van der Waals surface area contributed by atoms with E-state index in [2.05, 4.69) is 22.0 Å². The summed E-state index contributed by atoms with van der Waals surface area (Å²) in [6, 6.07) is 10.8. The van der Waals surface area contributed by atoms with E-state index >= 15 is 0 Å². The second kappa shape index (κ2) is 8.85. The van der Waals surface area contributed by atoms with E-state index < -0.39 is 10.0 Å². The molecule has 10 heteroatoms. The summed E-state index contributed by atoms with van der Waals surface area (Å²) in [6.07, 6.45) is 3.16. The summed E-state index contributed by atoms with van der Waals surface area (Å²) in [5.41, 5.74) is 10.1. The molecule has 0 bridgehead atoms. The number of rotatable bonds is 7. The van der Waals surface area contributed by atoms with Gasteiger partial charge in [0.05, 0.1) is 10.4 Å². The molecule has 5 N–H and O–H groups in total. The van der Waals surface area contributed by atoms with Crippen LogP contribution < -0.4 is 21.1 Å². The highest BCUT2D eigenvalue weighted by atomic mass is 32.2. The molecule has 3 aromatic rings. The third-order valence-corrected chi connectivity index (χ3v) is 6.20. The van der Waals surface area contributed by atoms with Crippen LogP contribution in [0.3, 0.4) is 0 Å². The van der Waals surface area contributed by atoms with Crippen LogP contribution >= 0.6 is 0 Å². The highest BCUT2D eigenvalue weighted by Gasteiger charge is 2.12. The number of primary sulfonamides is 1. The average Bonchev–Trinajstić information content (AvgIpc) is 3.01. The molecule has 9 nitrogen and oxygen atoms in total. The van der Waals surface area contributed by atoms with Crippen LogP contribution in [0.1, 0.15) is 11.3 Å². The van der Waals surface area contributed by atoms with E-state index in [1.54, 1.807) is 25.1 Å². The van der Waals surface area contributed by atoms with E-state index in [9.17, 15) is 8.42 Å². The summed E-state index contributed by atoms with van der Waals surface area (Å²) >= 11 is 0. The molecule has 0 saturated carbocycles. The van der Waals surface area contributed by atoms with Gasteiger partial charge in [-0.1, -0.05) is 12.6 Å². The molecule has 0 aliphatic carbocycles. The van der Waals surface area contributed by atoms with Crippen molar-refractivity contribution >= 4 is 38.5 Å². The fourth-order valence-electron chi connectivity index (χ4n) is 3.18. The average molecular weight is 454 g/mol. The summed E-state index contributed by atoms with van der Waals surface area (Å²) < 4.78 is 25.2. The van der Waals surface area contributed by atoms with E-state index in [0.29, 0.717) is 22.9 Å². The second-order valence-corrected chi connectivity index (χ2v) is 8.97. The standard InChI is InChI=1S/C22H27N7O2S/c1-14-6-7-17(12-21(14)32(24,30)31)26-16(3)25-11-10-22(23)28(4)18-8-9-19-15(2)29(5)27-20(19)13-18/h6-13,26H,3,23H2,1-2,4-5H3,(H2,24,30,31)/b22-10+,25-11-. The van der Waals surface area contributed by atoms with Crippen molar-refractivity contribution in [1.29, 1.82) is 0 Å². The first kappa shape index (κ1) is 23.0. The van der Waals surface area contributed by atoms with Crippen molar-refractivity contribution in [2.24, 2.45) is 22.9 Å². The third kappa shape index (κ3) is 4.98. The Morgan fingerprint density at radius 3 is 2.66 bits per heavy atom. The number of hydrogen-bond donors (Lipinski definition) is 3. The van der Waals surface area contributed by atoms with Gasteiger partial charge in [-0.2, -0.15) is 5.10 Å². The highest BCUT2D eigenvalue weighted by molar-refractivity contribution is 7.89. The Kier molecular flexibility index (Phi) is 6.37. The molecule has 0 fully saturated rings. The van der Waals surface area contributed by atoms with Gasteiger partial charge in [0.15, 0.2) is 0 Å². The number of nitrogens with zero attached hydrogens (tertiary/aromatic N) is 4. The van der Waals surface area contributed by atoms with Gasteiger partial charge in [-0.15, -0.1) is 0 Å². The summed E-state index contributed by atoms with van der Waals surface area (Å²) in [5, 5.41) is 13.8. The van der Waals surface area contributed by atoms with Gasteiger partial charge in [-0.3, -0.25) is 4.68 Å². The fourth-order valence-corrected chi connectivity index (χ4v) is 3.98. The Bertz CT molecular complexity index is 1350. The molecule has 0 aliphatic rings. The minimum absolute atomic E-state index is 0.0464. The van der Waals surface area contributed by atoms with Gasteiger partial charge in [0, 0.05) is 42.8 Å². The van der Waals surface area contributed by atoms with Gasteiger partial charge in [0.1, 0.15) is 11.6 Å². The number of allylic oxidation sites excluding steroid dienone is 1. The predicted molar refractivity (Wildman–Crippen MR) is 130 cm³/mol. The Balaban J connectivity index is 1.70. The zero-order chi connectivity index (χ0) is 23.6. The zero-order valence-corrected chi connectivity index (χ0v) is 19.3. The van der Waals surface area contributed by atoms with Crippen LogP contribution in [0.5, 0.6) is 0 Å². The van der Waals surface area contributed by atoms with Crippen molar-refractivity contribution in [3.05, 3.63) is 72.0 Å². The molecule has 0 amide bonds. The number of aromatic nitrogens is 2. The maximum absolute atomic E-state index is 11.7. The van der Waals surface area contributed by atoms with Crippen LogP contribution in [0.4, 0.5) is 11.4 Å². The molecule has 0 aliphatic heterocycles. The number of aliphatic imine (C=N–C) groups is 1. The van der Waals surface area contributed by atoms with Gasteiger partial charge < -0.3 is 16.0 Å². The van der Waals surface area contributed by atoms with E-state index in [0.717, 1.165) is 22.3 Å². The molecule has 0 radical (unpaired) electrons. The highest BCUT2D eigenvalue weighted by Crippen LogP contribution is 2.24. The Morgan fingerprint density at radius 1 is 1.25 bits per heavy atom. The van der Waals surface area contributed by atoms with Gasteiger partial charge in [-0.25, -0.2) is 18.5 Å². The van der Waals surface area contributed by atoms with E-state index in [1.807, 2.05) is 48.8 Å². The van der Waals surface area contributed by atoms with Crippen molar-refractivity contribution < 1.29 is 8.42 Å². The number of sulfonamides is 1. The fraction of sp³-hybridized carbons (Fsp3) is 0.182. The minimum Gasteiger partial charge on any atom is -0.385 e. The van der Waals surface area contributed by atoms with Crippen LogP contribution in [0, 0.1) is 13.8 Å². The van der Waals surface area contributed by atoms with Crippen LogP contribution in [0.2, 0.25) is 0 Å². The molecule has 2 aromatic carbocycles. The first-order chi connectivity index (χ1) is 15.0. The van der Waals surface area contributed by atoms with Crippen molar-refractivity contribution in [2.75, 3.05) is 17.3 Å². The summed E-state index contributed by atoms with van der Waals surface area (Å²) in [7, 11) is -0.0509. The van der Waals surface area contributed by atoms with Crippen molar-refractivity contribution in [3.63, 3.8) is 0 Å². The molecule has 3 rings (SSSR count). The lowest BCUT2D eigenvalue weighted by Gasteiger charge is -2.19. The van der Waals surface area contributed by atoms with Crippen LogP contribution in [-0.4, -0.2) is 31.5 Å². The molecule has 1 heterocycles. The Morgan fingerprint density at radius 2 is 1.97 bits per heavy atom. The van der Waals surface area contributed by atoms with E-state index in [4.69, 9.17) is 10.9 Å². The molecule has 1 aromatic heterocycles. The lowest BCUT2D eigenvalue weighted by Crippen LogP contribution is -2.22. The normalized spacial score (nSPS) is 12.5. The number of hydrogen-bond acceptors (Lipinski definition) is 7. The van der Waals surface area contributed by atoms with Crippen molar-refractivity contribution in [1.82, 2.24) is 9.78 Å². The van der Waals surface area contributed by atoms with Gasteiger partial charge in [-0.05, 0) is 55.8 Å². The van der Waals surface area contributed by atoms with E-state index in [1.165, 1.54) is 12.3 Å². The third-order valence-electron chi connectivity index (χ3n) is 5.15.